The van der Waals surface area contributed by atoms with E-state index >= 15 is 0 Å². The minimum Gasteiger partial charge on any atom is -0.497 e. The van der Waals surface area contributed by atoms with E-state index < -0.39 is 0 Å². The molecular weight excluding hydrogens is 354 g/mol. The molecule has 138 valence electrons. The number of hydrogen-bond donors (Lipinski definition) is 3. The Bertz CT molecular complexity index is 854. The maximum absolute atomic E-state index is 6.58. The molecule has 3 rings (SSSR count). The molecule has 0 aliphatic carbocycles. The third-order valence-electron chi connectivity index (χ3n) is 4.34. The summed E-state index contributed by atoms with van der Waals surface area (Å²) in [5.41, 5.74) is 9.59. The van der Waals surface area contributed by atoms with Crippen molar-refractivity contribution < 1.29 is 4.74 Å². The van der Waals surface area contributed by atoms with E-state index in [0.29, 0.717) is 5.11 Å². The van der Waals surface area contributed by atoms with E-state index in [4.69, 9.17) is 22.7 Å². The zero-order valence-corrected chi connectivity index (χ0v) is 15.9. The van der Waals surface area contributed by atoms with Gasteiger partial charge in [0.25, 0.3) is 0 Å². The predicted octanol–water partition coefficient (Wildman–Crippen LogP) is 4.42. The number of rotatable bonds is 6. The average molecular weight is 378 g/mol. The number of nitrogens with one attached hydrogen (secondary N) is 2. The smallest absolute Gasteiger partial charge is 0.171 e. The maximum Gasteiger partial charge on any atom is 0.171 e. The van der Waals surface area contributed by atoms with Crippen LogP contribution in [-0.4, -0.2) is 12.2 Å². The summed E-state index contributed by atoms with van der Waals surface area (Å²) in [6, 6.07) is 27.3. The fraction of sp³-hybridized carbons (Fsp3) is 0.136. The summed E-state index contributed by atoms with van der Waals surface area (Å²) in [5.74, 6) is 0.799. The summed E-state index contributed by atoms with van der Waals surface area (Å²) >= 11 is 5.53. The second-order valence-electron chi connectivity index (χ2n) is 6.15. The SMILES string of the molecule is COc1ccc(NC(=S)N[C@H](c2ccccc2)[C@H](N)c2ccccc2)cc1. The highest BCUT2D eigenvalue weighted by Crippen LogP contribution is 2.27. The van der Waals surface area contributed by atoms with Crippen LogP contribution in [0.2, 0.25) is 0 Å². The molecule has 0 aliphatic rings. The van der Waals surface area contributed by atoms with Crippen LogP contribution in [0.3, 0.4) is 0 Å². The van der Waals surface area contributed by atoms with Crippen LogP contribution >= 0.6 is 12.2 Å². The van der Waals surface area contributed by atoms with Crippen LogP contribution in [0.4, 0.5) is 5.69 Å². The maximum atomic E-state index is 6.58. The lowest BCUT2D eigenvalue weighted by molar-refractivity contribution is 0.415. The van der Waals surface area contributed by atoms with Crippen molar-refractivity contribution in [2.45, 2.75) is 12.1 Å². The Kier molecular flexibility index (Phi) is 6.41. The van der Waals surface area contributed by atoms with E-state index in [9.17, 15) is 0 Å². The molecule has 3 aromatic carbocycles. The summed E-state index contributed by atoms with van der Waals surface area (Å²) < 4.78 is 5.18. The number of hydrogen-bond acceptors (Lipinski definition) is 3. The monoisotopic (exact) mass is 377 g/mol. The Morgan fingerprint density at radius 1 is 0.852 bits per heavy atom. The quantitative estimate of drug-likeness (QED) is 0.555. The van der Waals surface area contributed by atoms with Crippen LogP contribution in [0.1, 0.15) is 23.2 Å². The lowest BCUT2D eigenvalue weighted by atomic mass is 9.94. The van der Waals surface area contributed by atoms with E-state index in [1.54, 1.807) is 7.11 Å². The Balaban J connectivity index is 1.77. The Labute approximate surface area is 165 Å². The normalized spacial score (nSPS) is 12.7. The van der Waals surface area contributed by atoms with Crippen molar-refractivity contribution in [3.63, 3.8) is 0 Å². The lowest BCUT2D eigenvalue weighted by Crippen LogP contribution is -2.38. The first-order valence-corrected chi connectivity index (χ1v) is 9.15. The van der Waals surface area contributed by atoms with Gasteiger partial charge in [-0.05, 0) is 47.6 Å². The van der Waals surface area contributed by atoms with Crippen molar-refractivity contribution in [3.8, 4) is 5.75 Å². The Morgan fingerprint density at radius 2 is 1.41 bits per heavy atom. The molecule has 0 aliphatic heterocycles. The minimum atomic E-state index is -0.246. The molecule has 0 heterocycles. The van der Waals surface area contributed by atoms with E-state index in [1.165, 1.54) is 0 Å². The van der Waals surface area contributed by atoms with Gasteiger partial charge in [0.1, 0.15) is 5.75 Å². The summed E-state index contributed by atoms with van der Waals surface area (Å²) in [6.07, 6.45) is 0. The molecule has 0 saturated carbocycles. The fourth-order valence-electron chi connectivity index (χ4n) is 2.89. The highest BCUT2D eigenvalue weighted by atomic mass is 32.1. The molecule has 2 atom stereocenters. The first kappa shape index (κ1) is 18.9. The summed E-state index contributed by atoms with van der Waals surface area (Å²) in [4.78, 5) is 0. The second kappa shape index (κ2) is 9.16. The largest absolute Gasteiger partial charge is 0.497 e. The molecule has 3 aromatic rings. The van der Waals surface area contributed by atoms with Crippen LogP contribution in [0, 0.1) is 0 Å². The molecule has 4 N–H and O–H groups in total. The first-order valence-electron chi connectivity index (χ1n) is 8.74. The zero-order valence-electron chi connectivity index (χ0n) is 15.1. The van der Waals surface area contributed by atoms with E-state index in [1.807, 2.05) is 72.8 Å². The topological polar surface area (TPSA) is 59.3 Å². The summed E-state index contributed by atoms with van der Waals surface area (Å²) in [6.45, 7) is 0. The molecule has 0 spiro atoms. The van der Waals surface area contributed by atoms with Crippen molar-refractivity contribution in [2.75, 3.05) is 12.4 Å². The van der Waals surface area contributed by atoms with Gasteiger partial charge in [-0.2, -0.15) is 0 Å². The van der Waals surface area contributed by atoms with Crippen molar-refractivity contribution in [1.29, 1.82) is 0 Å². The molecule has 0 bridgehead atoms. The van der Waals surface area contributed by atoms with Gasteiger partial charge in [-0.25, -0.2) is 0 Å². The highest BCUT2D eigenvalue weighted by molar-refractivity contribution is 7.80. The van der Waals surface area contributed by atoms with Crippen molar-refractivity contribution in [1.82, 2.24) is 5.32 Å². The summed E-state index contributed by atoms with van der Waals surface area (Å²) in [5, 5.41) is 7.10. The van der Waals surface area contributed by atoms with Crippen molar-refractivity contribution in [3.05, 3.63) is 96.1 Å². The molecule has 0 radical (unpaired) electrons. The molecule has 27 heavy (non-hydrogen) atoms. The third kappa shape index (κ3) is 5.06. The molecule has 0 fully saturated rings. The van der Waals surface area contributed by atoms with E-state index in [2.05, 4.69) is 22.8 Å². The van der Waals surface area contributed by atoms with Crippen LogP contribution in [0.5, 0.6) is 5.75 Å². The Morgan fingerprint density at radius 3 is 1.96 bits per heavy atom. The van der Waals surface area contributed by atoms with Crippen LogP contribution in [0.25, 0.3) is 0 Å². The summed E-state index contributed by atoms with van der Waals surface area (Å²) in [7, 11) is 1.64. The van der Waals surface area contributed by atoms with Gasteiger partial charge >= 0.3 is 0 Å². The number of benzene rings is 3. The second-order valence-corrected chi connectivity index (χ2v) is 6.56. The average Bonchev–Trinajstić information content (AvgIpc) is 2.73. The van der Waals surface area contributed by atoms with E-state index in [-0.39, 0.29) is 12.1 Å². The highest BCUT2D eigenvalue weighted by Gasteiger charge is 2.22. The molecule has 0 amide bonds. The van der Waals surface area contributed by atoms with Gasteiger partial charge in [-0.15, -0.1) is 0 Å². The van der Waals surface area contributed by atoms with Crippen molar-refractivity contribution in [2.24, 2.45) is 5.73 Å². The van der Waals surface area contributed by atoms with Crippen LogP contribution in [0.15, 0.2) is 84.9 Å². The molecule has 4 nitrogen and oxygen atoms in total. The lowest BCUT2D eigenvalue weighted by Gasteiger charge is -2.27. The number of thiocarbonyl (C=S) groups is 1. The van der Waals surface area contributed by atoms with Gasteiger partial charge in [0.2, 0.25) is 0 Å². The van der Waals surface area contributed by atoms with Gasteiger partial charge in [0.15, 0.2) is 5.11 Å². The number of anilines is 1. The number of methoxy groups -OCH3 is 1. The minimum absolute atomic E-state index is 0.160. The van der Waals surface area contributed by atoms with Gasteiger partial charge < -0.3 is 21.1 Å². The number of ether oxygens (including phenoxy) is 1. The van der Waals surface area contributed by atoms with Gasteiger partial charge in [0.05, 0.1) is 19.2 Å². The molecule has 0 aromatic heterocycles. The van der Waals surface area contributed by atoms with Crippen molar-refractivity contribution >= 4 is 23.0 Å². The molecule has 0 saturated heterocycles. The number of nitrogens with two attached hydrogens (primary N) is 1. The van der Waals surface area contributed by atoms with Gasteiger partial charge in [0, 0.05) is 5.69 Å². The predicted molar refractivity (Wildman–Crippen MR) is 115 cm³/mol. The molecule has 0 unspecified atom stereocenters. The molecule has 5 heteroatoms. The molecular formula is C22H23N3OS. The Hall–Kier alpha value is -2.89. The van der Waals surface area contributed by atoms with Gasteiger partial charge in [-0.3, -0.25) is 0 Å². The fourth-order valence-corrected chi connectivity index (χ4v) is 3.14. The third-order valence-corrected chi connectivity index (χ3v) is 4.56. The van der Waals surface area contributed by atoms with Gasteiger partial charge in [-0.1, -0.05) is 60.7 Å². The first-order chi connectivity index (χ1) is 13.2. The van der Waals surface area contributed by atoms with Crippen LogP contribution in [-0.2, 0) is 0 Å². The van der Waals surface area contributed by atoms with E-state index in [0.717, 1.165) is 22.6 Å². The zero-order chi connectivity index (χ0) is 19.1. The standard InChI is InChI=1S/C22H23N3OS/c1-26-19-14-12-18(13-15-19)24-22(27)25-21(17-10-6-3-7-11-17)20(23)16-8-4-2-5-9-16/h2-15,20-21H,23H2,1H3,(H2,24,25,27)/t20-,21-/m1/s1. The van der Waals surface area contributed by atoms with Crippen LogP contribution < -0.4 is 21.1 Å².